The second kappa shape index (κ2) is 3.55. The van der Waals surface area contributed by atoms with Gasteiger partial charge in [0.15, 0.2) is 0 Å². The zero-order valence-corrected chi connectivity index (χ0v) is 7.21. The SMILES string of the molecule is CC(=O)N1CCC(C(=O)O)=C(F)C1. The van der Waals surface area contributed by atoms with Crippen LogP contribution >= 0.6 is 0 Å². The van der Waals surface area contributed by atoms with Crippen LogP contribution in [0.4, 0.5) is 4.39 Å². The van der Waals surface area contributed by atoms with Gasteiger partial charge in [0.05, 0.1) is 12.1 Å². The molecular formula is C8H10FNO3. The third-order valence-electron chi connectivity index (χ3n) is 1.99. The number of carbonyl (C=O) groups is 2. The van der Waals surface area contributed by atoms with Crippen LogP contribution in [0.1, 0.15) is 13.3 Å². The Balaban J connectivity index is 2.78. The monoisotopic (exact) mass is 187 g/mol. The van der Waals surface area contributed by atoms with Crippen molar-refractivity contribution in [3.8, 4) is 0 Å². The molecule has 1 amide bonds. The van der Waals surface area contributed by atoms with Crippen LogP contribution in [0, 0.1) is 0 Å². The van der Waals surface area contributed by atoms with Crippen molar-refractivity contribution in [2.75, 3.05) is 13.1 Å². The maximum Gasteiger partial charge on any atom is 0.334 e. The number of rotatable bonds is 1. The Labute approximate surface area is 74.6 Å². The summed E-state index contributed by atoms with van der Waals surface area (Å²) in [5.74, 6) is -2.19. The van der Waals surface area contributed by atoms with Crippen molar-refractivity contribution in [2.45, 2.75) is 13.3 Å². The molecule has 1 aliphatic rings. The molecule has 5 heteroatoms. The van der Waals surface area contributed by atoms with E-state index in [4.69, 9.17) is 5.11 Å². The Bertz CT molecular complexity index is 285. The molecule has 1 N–H and O–H groups in total. The van der Waals surface area contributed by atoms with Crippen molar-refractivity contribution in [1.82, 2.24) is 4.90 Å². The minimum Gasteiger partial charge on any atom is -0.478 e. The van der Waals surface area contributed by atoms with Gasteiger partial charge in [-0.25, -0.2) is 9.18 Å². The van der Waals surface area contributed by atoms with Gasteiger partial charge in [-0.2, -0.15) is 0 Å². The van der Waals surface area contributed by atoms with E-state index in [1.807, 2.05) is 0 Å². The van der Waals surface area contributed by atoms with Gasteiger partial charge in [0.1, 0.15) is 5.83 Å². The number of carboxylic acid groups (broad SMARTS) is 1. The van der Waals surface area contributed by atoms with E-state index in [0.717, 1.165) is 0 Å². The molecule has 13 heavy (non-hydrogen) atoms. The lowest BCUT2D eigenvalue weighted by molar-refractivity contribution is -0.134. The number of hydrogen-bond donors (Lipinski definition) is 1. The molecule has 0 saturated carbocycles. The molecule has 0 saturated heterocycles. The van der Waals surface area contributed by atoms with Crippen LogP contribution in [-0.4, -0.2) is 35.0 Å². The Hall–Kier alpha value is -1.39. The van der Waals surface area contributed by atoms with Crippen LogP contribution in [0.2, 0.25) is 0 Å². The van der Waals surface area contributed by atoms with Crippen molar-refractivity contribution < 1.29 is 19.1 Å². The lowest BCUT2D eigenvalue weighted by Crippen LogP contribution is -2.35. The van der Waals surface area contributed by atoms with Crippen LogP contribution in [0.15, 0.2) is 11.4 Å². The summed E-state index contributed by atoms with van der Waals surface area (Å²) in [6.07, 6.45) is 0.0841. The third-order valence-corrected chi connectivity index (χ3v) is 1.99. The van der Waals surface area contributed by atoms with Crippen LogP contribution in [0.3, 0.4) is 0 Å². The summed E-state index contributed by atoms with van der Waals surface area (Å²) in [6.45, 7) is 1.40. The van der Waals surface area contributed by atoms with Gasteiger partial charge in [-0.15, -0.1) is 0 Å². The molecule has 0 spiro atoms. The molecule has 0 unspecified atom stereocenters. The van der Waals surface area contributed by atoms with Crippen molar-refractivity contribution in [1.29, 1.82) is 0 Å². The van der Waals surface area contributed by atoms with Crippen molar-refractivity contribution >= 4 is 11.9 Å². The maximum atomic E-state index is 13.0. The second-order valence-corrected chi connectivity index (χ2v) is 2.88. The average Bonchev–Trinajstić information content (AvgIpc) is 2.03. The van der Waals surface area contributed by atoms with E-state index < -0.39 is 11.8 Å². The highest BCUT2D eigenvalue weighted by molar-refractivity contribution is 5.88. The first-order chi connectivity index (χ1) is 6.02. The average molecular weight is 187 g/mol. The quantitative estimate of drug-likeness (QED) is 0.652. The van der Waals surface area contributed by atoms with E-state index in [1.54, 1.807) is 0 Å². The fraction of sp³-hybridized carbons (Fsp3) is 0.500. The Morgan fingerprint density at radius 1 is 1.54 bits per heavy atom. The predicted octanol–water partition coefficient (Wildman–Crippen LogP) is 0.547. The van der Waals surface area contributed by atoms with Crippen LogP contribution in [0.5, 0.6) is 0 Å². The summed E-state index contributed by atoms with van der Waals surface area (Å²) < 4.78 is 13.0. The molecule has 1 aliphatic heterocycles. The second-order valence-electron chi connectivity index (χ2n) is 2.88. The van der Waals surface area contributed by atoms with E-state index in [1.165, 1.54) is 11.8 Å². The molecule has 0 aliphatic carbocycles. The fourth-order valence-electron chi connectivity index (χ4n) is 1.22. The number of halogens is 1. The van der Waals surface area contributed by atoms with E-state index in [0.29, 0.717) is 0 Å². The number of hydrogen-bond acceptors (Lipinski definition) is 2. The smallest absolute Gasteiger partial charge is 0.334 e. The number of aliphatic carboxylic acids is 1. The van der Waals surface area contributed by atoms with Gasteiger partial charge in [-0.1, -0.05) is 0 Å². The zero-order chi connectivity index (χ0) is 10.0. The molecule has 4 nitrogen and oxygen atoms in total. The molecule has 0 bridgehead atoms. The van der Waals surface area contributed by atoms with Gasteiger partial charge in [0, 0.05) is 13.5 Å². The summed E-state index contributed by atoms with van der Waals surface area (Å²) in [5, 5.41) is 8.53. The minimum atomic E-state index is -1.24. The lowest BCUT2D eigenvalue weighted by atomic mass is 10.1. The first-order valence-electron chi connectivity index (χ1n) is 3.88. The maximum absolute atomic E-state index is 13.0. The summed E-state index contributed by atoms with van der Waals surface area (Å²) in [4.78, 5) is 22.5. The zero-order valence-electron chi connectivity index (χ0n) is 7.21. The summed E-state index contributed by atoms with van der Waals surface area (Å²) in [6, 6.07) is 0. The number of amides is 1. The topological polar surface area (TPSA) is 57.6 Å². The van der Waals surface area contributed by atoms with E-state index in [2.05, 4.69) is 0 Å². The van der Waals surface area contributed by atoms with E-state index in [-0.39, 0.29) is 31.0 Å². The molecule has 0 aromatic heterocycles. The first-order valence-corrected chi connectivity index (χ1v) is 3.88. The molecule has 0 atom stereocenters. The van der Waals surface area contributed by atoms with E-state index in [9.17, 15) is 14.0 Å². The summed E-state index contributed by atoms with van der Waals surface area (Å²) in [7, 11) is 0. The standard InChI is InChI=1S/C8H10FNO3/c1-5(11)10-3-2-6(8(12)13)7(9)4-10/h2-4H2,1H3,(H,12,13). The molecule has 0 aromatic carbocycles. The molecule has 0 radical (unpaired) electrons. The number of carboxylic acids is 1. The van der Waals surface area contributed by atoms with E-state index >= 15 is 0 Å². The fourth-order valence-corrected chi connectivity index (χ4v) is 1.22. The van der Waals surface area contributed by atoms with Gasteiger partial charge < -0.3 is 10.0 Å². The Kier molecular flexibility index (Phi) is 2.65. The van der Waals surface area contributed by atoms with Crippen molar-refractivity contribution in [3.05, 3.63) is 11.4 Å². The molecule has 0 aromatic rings. The molecular weight excluding hydrogens is 177 g/mol. The van der Waals surface area contributed by atoms with Gasteiger partial charge in [0.2, 0.25) is 5.91 Å². The van der Waals surface area contributed by atoms with Crippen LogP contribution in [-0.2, 0) is 9.59 Å². The van der Waals surface area contributed by atoms with Crippen molar-refractivity contribution in [3.63, 3.8) is 0 Å². The normalized spacial score (nSPS) is 17.5. The Morgan fingerprint density at radius 3 is 2.54 bits per heavy atom. The minimum absolute atomic E-state index is 0.0841. The summed E-state index contributed by atoms with van der Waals surface area (Å²) in [5.41, 5.74) is -0.211. The van der Waals surface area contributed by atoms with Crippen LogP contribution in [0.25, 0.3) is 0 Å². The van der Waals surface area contributed by atoms with Gasteiger partial charge >= 0.3 is 5.97 Å². The predicted molar refractivity (Wildman–Crippen MR) is 42.6 cm³/mol. The first kappa shape index (κ1) is 9.70. The molecule has 72 valence electrons. The van der Waals surface area contributed by atoms with Gasteiger partial charge in [-0.3, -0.25) is 4.79 Å². The highest BCUT2D eigenvalue weighted by Gasteiger charge is 2.24. The lowest BCUT2D eigenvalue weighted by Gasteiger charge is -2.25. The molecule has 0 fully saturated rings. The third kappa shape index (κ3) is 2.05. The largest absolute Gasteiger partial charge is 0.478 e. The summed E-state index contributed by atoms with van der Waals surface area (Å²) >= 11 is 0. The molecule has 1 heterocycles. The van der Waals surface area contributed by atoms with Crippen LogP contribution < -0.4 is 0 Å². The molecule has 1 rings (SSSR count). The number of carbonyl (C=O) groups excluding carboxylic acids is 1. The van der Waals surface area contributed by atoms with Crippen molar-refractivity contribution in [2.24, 2.45) is 0 Å². The number of nitrogens with zero attached hydrogens (tertiary/aromatic N) is 1. The Morgan fingerprint density at radius 2 is 2.15 bits per heavy atom. The van der Waals surface area contributed by atoms with Gasteiger partial charge in [-0.05, 0) is 6.42 Å². The highest BCUT2D eigenvalue weighted by Crippen LogP contribution is 2.18. The highest BCUT2D eigenvalue weighted by atomic mass is 19.1. The van der Waals surface area contributed by atoms with Gasteiger partial charge in [0.25, 0.3) is 0 Å².